The number of methoxy groups -OCH3 is 1. The molecular formula is C18H25FN2O3. The van der Waals surface area contributed by atoms with Crippen LogP contribution in [0, 0.1) is 5.82 Å². The molecule has 3 amide bonds. The molecule has 1 unspecified atom stereocenters. The van der Waals surface area contributed by atoms with Crippen LogP contribution in [0.3, 0.4) is 0 Å². The Bertz CT molecular complexity index is 620. The van der Waals surface area contributed by atoms with Crippen LogP contribution in [0.4, 0.5) is 9.18 Å². The Kier molecular flexibility index (Phi) is 5.80. The lowest BCUT2D eigenvalue weighted by atomic mass is 9.94. The number of imide groups is 1. The van der Waals surface area contributed by atoms with Crippen molar-refractivity contribution in [2.75, 3.05) is 7.11 Å². The molecule has 1 aromatic rings. The second-order valence-electron chi connectivity index (χ2n) is 6.42. The molecule has 1 heterocycles. The van der Waals surface area contributed by atoms with Crippen molar-refractivity contribution in [3.8, 4) is 5.75 Å². The van der Waals surface area contributed by atoms with E-state index in [1.54, 1.807) is 6.92 Å². The number of rotatable bonds is 8. The minimum absolute atomic E-state index is 0.00382. The van der Waals surface area contributed by atoms with Crippen molar-refractivity contribution in [2.45, 2.75) is 58.0 Å². The summed E-state index contributed by atoms with van der Waals surface area (Å²) in [6, 6.07) is 3.62. The Hall–Kier alpha value is -2.11. The van der Waals surface area contributed by atoms with Crippen LogP contribution in [-0.2, 0) is 11.3 Å². The summed E-state index contributed by atoms with van der Waals surface area (Å²) < 4.78 is 18.7. The first kappa shape index (κ1) is 18.2. The number of urea groups is 1. The monoisotopic (exact) mass is 336 g/mol. The van der Waals surface area contributed by atoms with Crippen molar-refractivity contribution in [3.63, 3.8) is 0 Å². The van der Waals surface area contributed by atoms with Crippen molar-refractivity contribution in [1.82, 2.24) is 10.2 Å². The summed E-state index contributed by atoms with van der Waals surface area (Å²) in [5.41, 5.74) is -0.415. The van der Waals surface area contributed by atoms with Crippen molar-refractivity contribution in [2.24, 2.45) is 0 Å². The Morgan fingerprint density at radius 2 is 2.00 bits per heavy atom. The first-order valence-electron chi connectivity index (χ1n) is 8.38. The molecule has 1 atom stereocenters. The molecule has 0 bridgehead atoms. The summed E-state index contributed by atoms with van der Waals surface area (Å²) in [4.78, 5) is 26.1. The van der Waals surface area contributed by atoms with E-state index in [0.29, 0.717) is 17.7 Å². The third-order valence-corrected chi connectivity index (χ3v) is 4.45. The molecule has 132 valence electrons. The van der Waals surface area contributed by atoms with E-state index in [1.807, 2.05) is 0 Å². The van der Waals surface area contributed by atoms with Gasteiger partial charge in [0, 0.05) is 5.56 Å². The zero-order valence-electron chi connectivity index (χ0n) is 14.5. The van der Waals surface area contributed by atoms with E-state index in [0.717, 1.165) is 30.6 Å². The Balaban J connectivity index is 2.10. The average molecular weight is 336 g/mol. The second-order valence-corrected chi connectivity index (χ2v) is 6.42. The van der Waals surface area contributed by atoms with Gasteiger partial charge in [-0.1, -0.05) is 32.6 Å². The number of halogens is 1. The highest BCUT2D eigenvalue weighted by Crippen LogP contribution is 2.28. The predicted molar refractivity (Wildman–Crippen MR) is 89.2 cm³/mol. The van der Waals surface area contributed by atoms with Gasteiger partial charge in [0.15, 0.2) is 0 Å². The summed E-state index contributed by atoms with van der Waals surface area (Å²) in [5, 5.41) is 2.78. The van der Waals surface area contributed by atoms with E-state index in [9.17, 15) is 14.0 Å². The molecule has 0 spiro atoms. The molecule has 24 heavy (non-hydrogen) atoms. The van der Waals surface area contributed by atoms with Gasteiger partial charge in [0.1, 0.15) is 17.1 Å². The third kappa shape index (κ3) is 3.86. The molecule has 1 fully saturated rings. The van der Waals surface area contributed by atoms with Crippen LogP contribution < -0.4 is 10.1 Å². The Morgan fingerprint density at radius 1 is 1.25 bits per heavy atom. The maximum absolute atomic E-state index is 13.5. The highest BCUT2D eigenvalue weighted by atomic mass is 19.1. The highest BCUT2D eigenvalue weighted by Gasteiger charge is 2.47. The molecule has 0 radical (unpaired) electrons. The largest absolute Gasteiger partial charge is 0.496 e. The van der Waals surface area contributed by atoms with Gasteiger partial charge >= 0.3 is 6.03 Å². The Morgan fingerprint density at radius 3 is 2.67 bits per heavy atom. The lowest BCUT2D eigenvalue weighted by molar-refractivity contribution is -0.131. The van der Waals surface area contributed by atoms with Gasteiger partial charge in [0.25, 0.3) is 5.91 Å². The summed E-state index contributed by atoms with van der Waals surface area (Å²) in [5.74, 6) is -0.246. The minimum Gasteiger partial charge on any atom is -0.496 e. The number of carbonyl (C=O) groups is 2. The number of nitrogens with one attached hydrogen (secondary N) is 1. The topological polar surface area (TPSA) is 58.6 Å². The Labute approximate surface area is 142 Å². The molecule has 6 heteroatoms. The fourth-order valence-corrected chi connectivity index (χ4v) is 3.01. The molecule has 1 aromatic carbocycles. The summed E-state index contributed by atoms with van der Waals surface area (Å²) in [6.45, 7) is 3.87. The molecule has 0 aliphatic carbocycles. The molecular weight excluding hydrogens is 311 g/mol. The van der Waals surface area contributed by atoms with Gasteiger partial charge in [-0.25, -0.2) is 9.18 Å². The molecule has 1 aliphatic heterocycles. The second kappa shape index (κ2) is 7.64. The van der Waals surface area contributed by atoms with Crippen molar-refractivity contribution >= 4 is 11.9 Å². The molecule has 5 nitrogen and oxygen atoms in total. The average Bonchev–Trinajstić information content (AvgIpc) is 2.76. The molecule has 2 rings (SSSR count). The van der Waals surface area contributed by atoms with Crippen LogP contribution in [0.5, 0.6) is 5.75 Å². The van der Waals surface area contributed by atoms with E-state index in [-0.39, 0.29) is 12.5 Å². The van der Waals surface area contributed by atoms with Gasteiger partial charge in [-0.15, -0.1) is 0 Å². The SMILES string of the molecule is CCCCCCC1(C)NC(=O)N(Cc2cc(F)ccc2OC)C1=O. The highest BCUT2D eigenvalue weighted by molar-refractivity contribution is 6.06. The smallest absolute Gasteiger partial charge is 0.325 e. The maximum atomic E-state index is 13.5. The van der Waals surface area contributed by atoms with E-state index < -0.39 is 17.4 Å². The van der Waals surface area contributed by atoms with Crippen LogP contribution >= 0.6 is 0 Å². The van der Waals surface area contributed by atoms with Crippen LogP contribution in [0.1, 0.15) is 51.5 Å². The zero-order chi connectivity index (χ0) is 17.7. The summed E-state index contributed by atoms with van der Waals surface area (Å²) in [7, 11) is 1.47. The number of benzene rings is 1. The molecule has 0 aromatic heterocycles. The third-order valence-electron chi connectivity index (χ3n) is 4.45. The first-order chi connectivity index (χ1) is 11.4. The normalized spacial score (nSPS) is 20.4. The fourth-order valence-electron chi connectivity index (χ4n) is 3.01. The molecule has 1 N–H and O–H groups in total. The predicted octanol–water partition coefficient (Wildman–Crippen LogP) is 3.62. The lowest BCUT2D eigenvalue weighted by Gasteiger charge is -2.22. The summed E-state index contributed by atoms with van der Waals surface area (Å²) >= 11 is 0. The van der Waals surface area contributed by atoms with E-state index >= 15 is 0 Å². The van der Waals surface area contributed by atoms with Crippen molar-refractivity contribution in [3.05, 3.63) is 29.6 Å². The quantitative estimate of drug-likeness (QED) is 0.583. The number of amides is 3. The van der Waals surface area contributed by atoms with Gasteiger partial charge in [-0.05, 0) is 31.5 Å². The van der Waals surface area contributed by atoms with Gasteiger partial charge in [0.05, 0.1) is 13.7 Å². The van der Waals surface area contributed by atoms with E-state index in [2.05, 4.69) is 12.2 Å². The van der Waals surface area contributed by atoms with E-state index in [1.165, 1.54) is 25.3 Å². The summed E-state index contributed by atoms with van der Waals surface area (Å²) in [6.07, 6.45) is 4.75. The van der Waals surface area contributed by atoms with E-state index in [4.69, 9.17) is 4.74 Å². The lowest BCUT2D eigenvalue weighted by Crippen LogP contribution is -2.43. The number of carbonyl (C=O) groups excluding carboxylic acids is 2. The first-order valence-corrected chi connectivity index (χ1v) is 8.38. The number of unbranched alkanes of at least 4 members (excludes halogenated alkanes) is 3. The van der Waals surface area contributed by atoms with Crippen molar-refractivity contribution < 1.29 is 18.7 Å². The fraction of sp³-hybridized carbons (Fsp3) is 0.556. The van der Waals surface area contributed by atoms with Crippen LogP contribution in [0.15, 0.2) is 18.2 Å². The van der Waals surface area contributed by atoms with Crippen LogP contribution in [0.25, 0.3) is 0 Å². The molecule has 1 saturated heterocycles. The minimum atomic E-state index is -0.884. The maximum Gasteiger partial charge on any atom is 0.325 e. The standard InChI is InChI=1S/C18H25FN2O3/c1-4-5-6-7-10-18(2)16(22)21(17(23)20-18)12-13-11-14(19)8-9-15(13)24-3/h8-9,11H,4-7,10,12H2,1-3H3,(H,20,23). The van der Waals surface area contributed by atoms with Crippen LogP contribution in [0.2, 0.25) is 0 Å². The van der Waals surface area contributed by atoms with Crippen molar-refractivity contribution in [1.29, 1.82) is 0 Å². The number of hydrogen-bond acceptors (Lipinski definition) is 3. The van der Waals surface area contributed by atoms with Gasteiger partial charge in [0.2, 0.25) is 0 Å². The number of hydrogen-bond donors (Lipinski definition) is 1. The number of ether oxygens (including phenoxy) is 1. The number of nitrogens with zero attached hydrogens (tertiary/aromatic N) is 1. The molecule has 0 saturated carbocycles. The molecule has 1 aliphatic rings. The van der Waals surface area contributed by atoms with Gasteiger partial charge < -0.3 is 10.1 Å². The van der Waals surface area contributed by atoms with Gasteiger partial charge in [-0.2, -0.15) is 0 Å². The van der Waals surface area contributed by atoms with Crippen LogP contribution in [-0.4, -0.2) is 29.5 Å². The van der Waals surface area contributed by atoms with Gasteiger partial charge in [-0.3, -0.25) is 9.69 Å². The zero-order valence-corrected chi connectivity index (χ0v) is 14.5.